The normalized spacial score (nSPS) is 27.0. The van der Waals surface area contributed by atoms with Crippen molar-refractivity contribution >= 4 is 12.8 Å². The molecule has 0 aromatic rings. The van der Waals surface area contributed by atoms with E-state index in [9.17, 15) is 0 Å². The van der Waals surface area contributed by atoms with E-state index in [0.717, 1.165) is 19.5 Å². The highest BCUT2D eigenvalue weighted by Crippen LogP contribution is 2.08. The van der Waals surface area contributed by atoms with Crippen molar-refractivity contribution in [1.29, 1.82) is 0 Å². The summed E-state index contributed by atoms with van der Waals surface area (Å²) in [6.45, 7) is 6.04. The molecular formula is C7H18N2S. The van der Waals surface area contributed by atoms with Gasteiger partial charge in [-0.2, -0.15) is 0 Å². The number of hydrogen-bond donors (Lipinski definition) is 2. The number of piperidine rings is 1. The molecule has 1 saturated heterocycles. The van der Waals surface area contributed by atoms with Gasteiger partial charge in [0.2, 0.25) is 0 Å². The zero-order chi connectivity index (χ0) is 7.98. The van der Waals surface area contributed by atoms with Crippen molar-refractivity contribution in [2.24, 2.45) is 5.73 Å². The molecule has 2 nitrogen and oxygen atoms in total. The molecule has 3 heteroatoms. The topological polar surface area (TPSA) is 29.3 Å². The van der Waals surface area contributed by atoms with Crippen LogP contribution in [0.2, 0.25) is 0 Å². The molecule has 0 aromatic heterocycles. The van der Waals surface area contributed by atoms with Crippen LogP contribution in [-0.4, -0.2) is 23.4 Å². The van der Waals surface area contributed by atoms with E-state index >= 15 is 0 Å². The van der Waals surface area contributed by atoms with E-state index in [0.29, 0.717) is 6.04 Å². The molecule has 0 radical (unpaired) electrons. The van der Waals surface area contributed by atoms with Crippen molar-refractivity contribution in [3.05, 3.63) is 0 Å². The van der Waals surface area contributed by atoms with Gasteiger partial charge in [0.15, 0.2) is 0 Å². The molecule has 0 bridgehead atoms. The number of nitrogens with two attached hydrogens (primary N) is 1. The van der Waals surface area contributed by atoms with Crippen molar-refractivity contribution in [1.82, 2.24) is 4.31 Å². The van der Waals surface area contributed by atoms with E-state index in [1.165, 1.54) is 6.42 Å². The molecule has 1 aliphatic rings. The predicted molar refractivity (Wildman–Crippen MR) is 49.1 cm³/mol. The molecule has 1 rings (SSSR count). The van der Waals surface area contributed by atoms with Crippen molar-refractivity contribution in [3.8, 4) is 0 Å². The van der Waals surface area contributed by atoms with Crippen molar-refractivity contribution < 1.29 is 0 Å². The first-order valence-corrected chi connectivity index (χ1v) is 4.38. The number of rotatable bonds is 0. The van der Waals surface area contributed by atoms with Gasteiger partial charge in [-0.25, -0.2) is 0 Å². The van der Waals surface area contributed by atoms with E-state index in [2.05, 4.69) is 12.8 Å². The van der Waals surface area contributed by atoms with Gasteiger partial charge in [-0.1, -0.05) is 26.7 Å². The second-order valence-electron chi connectivity index (χ2n) is 2.31. The maximum atomic E-state index is 5.63. The SMILES string of the molecule is CC.NC1CCCN(S)C1. The lowest BCUT2D eigenvalue weighted by molar-refractivity contribution is 0.346. The van der Waals surface area contributed by atoms with Gasteiger partial charge < -0.3 is 5.73 Å². The van der Waals surface area contributed by atoms with E-state index in [1.54, 1.807) is 0 Å². The van der Waals surface area contributed by atoms with Crippen molar-refractivity contribution in [3.63, 3.8) is 0 Å². The third-order valence-corrected chi connectivity index (χ3v) is 1.80. The third-order valence-electron chi connectivity index (χ3n) is 1.44. The van der Waals surface area contributed by atoms with Crippen LogP contribution in [0.25, 0.3) is 0 Å². The molecule has 1 fully saturated rings. The summed E-state index contributed by atoms with van der Waals surface area (Å²) in [4.78, 5) is 0. The highest BCUT2D eigenvalue weighted by Gasteiger charge is 2.12. The van der Waals surface area contributed by atoms with Crippen LogP contribution in [-0.2, 0) is 0 Å². The summed E-state index contributed by atoms with van der Waals surface area (Å²) >= 11 is 4.17. The van der Waals surface area contributed by atoms with Crippen LogP contribution in [0, 0.1) is 0 Å². The van der Waals surface area contributed by atoms with Gasteiger partial charge >= 0.3 is 0 Å². The largest absolute Gasteiger partial charge is 0.327 e. The molecule has 10 heavy (non-hydrogen) atoms. The highest BCUT2D eigenvalue weighted by atomic mass is 32.1. The summed E-state index contributed by atoms with van der Waals surface area (Å²) in [5, 5.41) is 0. The molecule has 0 amide bonds. The Morgan fingerprint density at radius 2 is 2.10 bits per heavy atom. The maximum Gasteiger partial charge on any atom is 0.0239 e. The summed E-state index contributed by atoms with van der Waals surface area (Å²) in [6.07, 6.45) is 2.36. The van der Waals surface area contributed by atoms with E-state index in [4.69, 9.17) is 5.73 Å². The predicted octanol–water partition coefficient (Wildman–Crippen LogP) is 1.28. The Hall–Kier alpha value is 0.270. The van der Waals surface area contributed by atoms with Gasteiger partial charge in [0.25, 0.3) is 0 Å². The van der Waals surface area contributed by atoms with Crippen LogP contribution in [0.1, 0.15) is 26.7 Å². The minimum Gasteiger partial charge on any atom is -0.327 e. The summed E-state index contributed by atoms with van der Waals surface area (Å²) in [7, 11) is 0. The lowest BCUT2D eigenvalue weighted by atomic mass is 10.1. The Bertz CT molecular complexity index is 70.0. The van der Waals surface area contributed by atoms with Gasteiger partial charge in [0.1, 0.15) is 0 Å². The van der Waals surface area contributed by atoms with Crippen LogP contribution in [0.5, 0.6) is 0 Å². The maximum absolute atomic E-state index is 5.63. The van der Waals surface area contributed by atoms with Crippen LogP contribution in [0.15, 0.2) is 0 Å². The molecule has 0 aliphatic carbocycles. The lowest BCUT2D eigenvalue weighted by Gasteiger charge is -2.25. The smallest absolute Gasteiger partial charge is 0.0239 e. The summed E-state index contributed by atoms with van der Waals surface area (Å²) in [5.41, 5.74) is 5.63. The van der Waals surface area contributed by atoms with Crippen molar-refractivity contribution in [2.45, 2.75) is 32.7 Å². The number of nitrogens with zero attached hydrogens (tertiary/aromatic N) is 1. The molecule has 0 saturated carbocycles. The van der Waals surface area contributed by atoms with Gasteiger partial charge in [0.05, 0.1) is 0 Å². The lowest BCUT2D eigenvalue weighted by Crippen LogP contribution is -2.37. The zero-order valence-corrected chi connectivity index (χ0v) is 7.77. The minimum absolute atomic E-state index is 0.362. The molecule has 62 valence electrons. The Kier molecular flexibility index (Phi) is 6.17. The van der Waals surface area contributed by atoms with E-state index in [1.807, 2.05) is 18.2 Å². The standard InChI is InChI=1S/C5H12N2S.C2H6/c6-5-2-1-3-7(8)4-5;1-2/h5,8H,1-4,6H2;1-2H3. The molecule has 2 N–H and O–H groups in total. The quantitative estimate of drug-likeness (QED) is 0.525. The average molecular weight is 162 g/mol. The average Bonchev–Trinajstić information content (AvgIpc) is 1.91. The molecule has 1 unspecified atom stereocenters. The fraction of sp³-hybridized carbons (Fsp3) is 1.00. The van der Waals surface area contributed by atoms with Gasteiger partial charge in [-0.15, -0.1) is 0 Å². The Morgan fingerprint density at radius 3 is 2.40 bits per heavy atom. The van der Waals surface area contributed by atoms with Crippen LogP contribution in [0.4, 0.5) is 0 Å². The van der Waals surface area contributed by atoms with Crippen LogP contribution < -0.4 is 5.73 Å². The number of hydrogen-bond acceptors (Lipinski definition) is 3. The third kappa shape index (κ3) is 4.14. The fourth-order valence-electron chi connectivity index (χ4n) is 0.989. The summed E-state index contributed by atoms with van der Waals surface area (Å²) in [5.74, 6) is 0. The van der Waals surface area contributed by atoms with Crippen LogP contribution >= 0.6 is 12.8 Å². The minimum atomic E-state index is 0.362. The van der Waals surface area contributed by atoms with Gasteiger partial charge in [-0.3, -0.25) is 4.31 Å². The molecular weight excluding hydrogens is 144 g/mol. The van der Waals surface area contributed by atoms with E-state index < -0.39 is 0 Å². The second kappa shape index (κ2) is 6.01. The van der Waals surface area contributed by atoms with Crippen molar-refractivity contribution in [2.75, 3.05) is 13.1 Å². The number of thiol groups is 1. The highest BCUT2D eigenvalue weighted by molar-refractivity contribution is 7.77. The fourth-order valence-corrected chi connectivity index (χ4v) is 1.34. The Morgan fingerprint density at radius 1 is 1.50 bits per heavy atom. The molecule has 0 spiro atoms. The first-order valence-electron chi connectivity index (χ1n) is 3.98. The summed E-state index contributed by atoms with van der Waals surface area (Å²) < 4.78 is 1.98. The monoisotopic (exact) mass is 162 g/mol. The Labute approximate surface area is 69.3 Å². The first-order chi connectivity index (χ1) is 4.79. The zero-order valence-electron chi connectivity index (χ0n) is 6.88. The van der Waals surface area contributed by atoms with E-state index in [-0.39, 0.29) is 0 Å². The molecule has 0 aromatic carbocycles. The first kappa shape index (κ1) is 10.3. The van der Waals surface area contributed by atoms with Crippen LogP contribution in [0.3, 0.4) is 0 Å². The molecule has 1 atom stereocenters. The second-order valence-corrected chi connectivity index (χ2v) is 2.88. The summed E-state index contributed by atoms with van der Waals surface area (Å²) in [6, 6.07) is 0.362. The Balaban J connectivity index is 0.000000371. The van der Waals surface area contributed by atoms with Gasteiger partial charge in [0, 0.05) is 19.1 Å². The van der Waals surface area contributed by atoms with Gasteiger partial charge in [-0.05, 0) is 12.8 Å². The molecule has 1 heterocycles. The molecule has 1 aliphatic heterocycles.